The van der Waals surface area contributed by atoms with E-state index in [0.29, 0.717) is 17.1 Å². The number of methoxy groups -OCH3 is 2. The predicted octanol–water partition coefficient (Wildman–Crippen LogP) is 2.31. The Morgan fingerprint density at radius 3 is 2.07 bits per heavy atom. The van der Waals surface area contributed by atoms with Crippen molar-refractivity contribution in [2.75, 3.05) is 20.8 Å². The molecular weight excluding hydrogens is 378 g/mol. The molecule has 0 aliphatic rings. The fourth-order valence-electron chi connectivity index (χ4n) is 2.76. The maximum absolute atomic E-state index is 12.9. The second-order valence-electron chi connectivity index (χ2n) is 6.02. The summed E-state index contributed by atoms with van der Waals surface area (Å²) in [4.78, 5) is 36.3. The smallest absolute Gasteiger partial charge is 0.335 e. The van der Waals surface area contributed by atoms with E-state index in [2.05, 4.69) is 5.32 Å². The lowest BCUT2D eigenvalue weighted by molar-refractivity contribution is -0.145. The molecule has 8 heteroatoms. The molecule has 0 unspecified atom stereocenters. The van der Waals surface area contributed by atoms with Crippen molar-refractivity contribution in [3.63, 3.8) is 0 Å². The third kappa shape index (κ3) is 5.47. The van der Waals surface area contributed by atoms with Gasteiger partial charge in [0.25, 0.3) is 5.91 Å². The number of ether oxygens (including phenoxy) is 3. The average molecular weight is 401 g/mol. The van der Waals surface area contributed by atoms with E-state index in [9.17, 15) is 14.4 Å². The maximum atomic E-state index is 12.9. The number of benzene rings is 2. The van der Waals surface area contributed by atoms with Crippen LogP contribution in [0.2, 0.25) is 0 Å². The van der Waals surface area contributed by atoms with Gasteiger partial charge in [-0.2, -0.15) is 0 Å². The number of esters is 1. The van der Waals surface area contributed by atoms with Crippen molar-refractivity contribution in [3.8, 4) is 11.5 Å². The quantitative estimate of drug-likeness (QED) is 0.620. The van der Waals surface area contributed by atoms with Gasteiger partial charge >= 0.3 is 11.9 Å². The van der Waals surface area contributed by atoms with Gasteiger partial charge in [0.2, 0.25) is 0 Å². The summed E-state index contributed by atoms with van der Waals surface area (Å²) in [7, 11) is 2.86. The number of nitrogens with one attached hydrogen (secondary N) is 1. The van der Waals surface area contributed by atoms with Crippen LogP contribution < -0.4 is 14.8 Å². The van der Waals surface area contributed by atoms with Crippen LogP contribution in [-0.4, -0.2) is 49.8 Å². The Balaban J connectivity index is 2.28. The summed E-state index contributed by atoms with van der Waals surface area (Å²) in [6.45, 7) is 1.82. The van der Waals surface area contributed by atoms with E-state index in [1.807, 2.05) is 0 Å². The Bertz CT molecular complexity index is 855. The molecule has 29 heavy (non-hydrogen) atoms. The fourth-order valence-corrected chi connectivity index (χ4v) is 2.76. The number of carboxylic acids is 1. The number of hydrogen-bond donors (Lipinski definition) is 2. The van der Waals surface area contributed by atoms with E-state index in [0.717, 1.165) is 0 Å². The van der Waals surface area contributed by atoms with Crippen LogP contribution in [0.15, 0.2) is 42.5 Å². The molecule has 0 fully saturated rings. The number of aromatic carboxylic acids is 1. The molecule has 2 aromatic carbocycles. The largest absolute Gasteiger partial charge is 0.496 e. The predicted molar refractivity (Wildman–Crippen MR) is 105 cm³/mol. The average Bonchev–Trinajstić information content (AvgIpc) is 2.72. The molecule has 0 aliphatic carbocycles. The van der Waals surface area contributed by atoms with Crippen molar-refractivity contribution in [2.24, 2.45) is 0 Å². The highest BCUT2D eigenvalue weighted by molar-refractivity contribution is 6.01. The molecule has 0 heterocycles. The zero-order chi connectivity index (χ0) is 21.4. The fraction of sp³-hybridized carbons (Fsp3) is 0.286. The number of amides is 1. The van der Waals surface area contributed by atoms with Gasteiger partial charge in [0.1, 0.15) is 23.1 Å². The Kier molecular flexibility index (Phi) is 7.59. The third-order valence-electron chi connectivity index (χ3n) is 4.17. The van der Waals surface area contributed by atoms with Crippen molar-refractivity contribution in [3.05, 3.63) is 59.2 Å². The van der Waals surface area contributed by atoms with Crippen LogP contribution in [0.1, 0.15) is 33.2 Å². The molecule has 1 amide bonds. The molecule has 0 aromatic heterocycles. The molecule has 0 saturated heterocycles. The van der Waals surface area contributed by atoms with Crippen molar-refractivity contribution in [1.82, 2.24) is 5.32 Å². The molecule has 2 rings (SSSR count). The van der Waals surface area contributed by atoms with Crippen LogP contribution in [0.5, 0.6) is 11.5 Å². The van der Waals surface area contributed by atoms with Gasteiger partial charge in [0.05, 0.1) is 26.4 Å². The summed E-state index contributed by atoms with van der Waals surface area (Å²) in [5.41, 5.74) is 0.956. The number of carbonyl (C=O) groups excluding carboxylic acids is 2. The van der Waals surface area contributed by atoms with E-state index in [1.165, 1.54) is 26.4 Å². The number of hydrogen-bond acceptors (Lipinski definition) is 6. The summed E-state index contributed by atoms with van der Waals surface area (Å²) in [5.74, 6) is -1.60. The van der Waals surface area contributed by atoms with E-state index in [-0.39, 0.29) is 24.2 Å². The van der Waals surface area contributed by atoms with Gasteiger partial charge in [-0.25, -0.2) is 9.59 Å². The SMILES string of the molecule is CCOC(=O)[C@H](Cc1ccc(C(=O)O)cc1)NC(=O)c1c(OC)cccc1OC. The van der Waals surface area contributed by atoms with Crippen LogP contribution in [0.4, 0.5) is 0 Å². The summed E-state index contributed by atoms with van der Waals surface area (Å²) in [6, 6.07) is 9.98. The molecule has 8 nitrogen and oxygen atoms in total. The highest BCUT2D eigenvalue weighted by Gasteiger charge is 2.26. The van der Waals surface area contributed by atoms with E-state index in [4.69, 9.17) is 19.3 Å². The maximum Gasteiger partial charge on any atom is 0.335 e. The van der Waals surface area contributed by atoms with Crippen molar-refractivity contribution in [2.45, 2.75) is 19.4 Å². The summed E-state index contributed by atoms with van der Waals surface area (Å²) >= 11 is 0. The zero-order valence-electron chi connectivity index (χ0n) is 16.4. The standard InChI is InChI=1S/C21H23NO7/c1-4-29-21(26)15(12-13-8-10-14(11-9-13)20(24)25)22-19(23)18-16(27-2)6-5-7-17(18)28-3/h5-11,15H,4,12H2,1-3H3,(H,22,23)(H,24,25)/t15-/m0/s1. The molecule has 0 radical (unpaired) electrons. The first-order chi connectivity index (χ1) is 13.9. The van der Waals surface area contributed by atoms with Crippen LogP contribution in [0, 0.1) is 0 Å². The molecule has 0 aliphatic heterocycles. The molecule has 2 aromatic rings. The first kappa shape index (κ1) is 21.7. The topological polar surface area (TPSA) is 111 Å². The Morgan fingerprint density at radius 2 is 1.59 bits per heavy atom. The Morgan fingerprint density at radius 1 is 1.00 bits per heavy atom. The monoisotopic (exact) mass is 401 g/mol. The third-order valence-corrected chi connectivity index (χ3v) is 4.17. The molecular formula is C21H23NO7. The lowest BCUT2D eigenvalue weighted by atomic mass is 10.0. The van der Waals surface area contributed by atoms with Gasteiger partial charge in [-0.3, -0.25) is 4.79 Å². The summed E-state index contributed by atoms with van der Waals surface area (Å²) in [6.07, 6.45) is 0.127. The van der Waals surface area contributed by atoms with Gasteiger partial charge in [0.15, 0.2) is 0 Å². The lowest BCUT2D eigenvalue weighted by Gasteiger charge is -2.19. The lowest BCUT2D eigenvalue weighted by Crippen LogP contribution is -2.43. The highest BCUT2D eigenvalue weighted by atomic mass is 16.5. The van der Waals surface area contributed by atoms with Crippen LogP contribution in [-0.2, 0) is 16.0 Å². The van der Waals surface area contributed by atoms with Gasteiger partial charge in [-0.05, 0) is 36.8 Å². The van der Waals surface area contributed by atoms with Gasteiger partial charge < -0.3 is 24.6 Å². The molecule has 154 valence electrons. The van der Waals surface area contributed by atoms with Gasteiger partial charge in [0, 0.05) is 6.42 Å². The van der Waals surface area contributed by atoms with Crippen molar-refractivity contribution < 1.29 is 33.7 Å². The second-order valence-corrected chi connectivity index (χ2v) is 6.02. The molecule has 0 bridgehead atoms. The minimum Gasteiger partial charge on any atom is -0.496 e. The van der Waals surface area contributed by atoms with Crippen molar-refractivity contribution in [1.29, 1.82) is 0 Å². The van der Waals surface area contributed by atoms with Crippen LogP contribution >= 0.6 is 0 Å². The Hall–Kier alpha value is -3.55. The zero-order valence-corrected chi connectivity index (χ0v) is 16.4. The van der Waals surface area contributed by atoms with Crippen molar-refractivity contribution >= 4 is 17.8 Å². The molecule has 1 atom stereocenters. The van der Waals surface area contributed by atoms with E-state index >= 15 is 0 Å². The summed E-state index contributed by atoms with van der Waals surface area (Å²) < 4.78 is 15.6. The molecule has 2 N–H and O–H groups in total. The van der Waals surface area contributed by atoms with E-state index in [1.54, 1.807) is 37.3 Å². The minimum absolute atomic E-state index is 0.127. The van der Waals surface area contributed by atoms with Gasteiger partial charge in [-0.15, -0.1) is 0 Å². The molecule has 0 saturated carbocycles. The molecule has 0 spiro atoms. The Labute approximate surface area is 168 Å². The number of carbonyl (C=O) groups is 3. The normalized spacial score (nSPS) is 11.3. The number of carboxylic acid groups (broad SMARTS) is 1. The van der Waals surface area contributed by atoms with E-state index < -0.39 is 23.9 Å². The van der Waals surface area contributed by atoms with Crippen LogP contribution in [0.3, 0.4) is 0 Å². The highest BCUT2D eigenvalue weighted by Crippen LogP contribution is 2.28. The van der Waals surface area contributed by atoms with Crippen LogP contribution in [0.25, 0.3) is 0 Å². The number of rotatable bonds is 9. The first-order valence-corrected chi connectivity index (χ1v) is 8.92. The second kappa shape index (κ2) is 10.1. The summed E-state index contributed by atoms with van der Waals surface area (Å²) in [5, 5.41) is 11.7. The minimum atomic E-state index is -1.05. The van der Waals surface area contributed by atoms with Gasteiger partial charge in [-0.1, -0.05) is 18.2 Å². The first-order valence-electron chi connectivity index (χ1n) is 8.92.